The summed E-state index contributed by atoms with van der Waals surface area (Å²) in [6.07, 6.45) is -0.0262. The molecule has 0 aliphatic carbocycles. The Bertz CT molecular complexity index is 357. The number of amides is 2. The highest BCUT2D eigenvalue weighted by molar-refractivity contribution is 5.76. The van der Waals surface area contributed by atoms with Gasteiger partial charge >= 0.3 is 12.0 Å². The van der Waals surface area contributed by atoms with E-state index in [-0.39, 0.29) is 17.7 Å². The summed E-state index contributed by atoms with van der Waals surface area (Å²) in [6, 6.07) is -0.643. The Balaban J connectivity index is 2.60. The topological polar surface area (TPSA) is 78.9 Å². The maximum Gasteiger partial charge on any atom is 0.317 e. The third-order valence-electron chi connectivity index (χ3n) is 3.35. The maximum absolute atomic E-state index is 12.1. The molecular weight excluding hydrogens is 248 g/mol. The van der Waals surface area contributed by atoms with Crippen LogP contribution >= 0.6 is 0 Å². The largest absolute Gasteiger partial charge is 0.481 e. The van der Waals surface area contributed by atoms with E-state index in [9.17, 15) is 9.59 Å². The quantitative estimate of drug-likeness (QED) is 0.811. The first kappa shape index (κ1) is 15.8. The van der Waals surface area contributed by atoms with Gasteiger partial charge in [0.25, 0.3) is 0 Å². The first-order valence-electron chi connectivity index (χ1n) is 6.58. The minimum absolute atomic E-state index is 0.0262. The van der Waals surface area contributed by atoms with E-state index >= 15 is 0 Å². The first-order valence-corrected chi connectivity index (χ1v) is 6.58. The van der Waals surface area contributed by atoms with Gasteiger partial charge in [0.1, 0.15) is 0 Å². The predicted molar refractivity (Wildman–Crippen MR) is 71.0 cm³/mol. The second-order valence-electron chi connectivity index (χ2n) is 5.93. The van der Waals surface area contributed by atoms with Crippen LogP contribution in [0.4, 0.5) is 4.79 Å². The van der Waals surface area contributed by atoms with Crippen molar-refractivity contribution in [1.82, 2.24) is 10.2 Å². The molecular formula is C13H24N2O4. The Morgan fingerprint density at radius 3 is 2.47 bits per heavy atom. The number of carboxylic acid groups (broad SMARTS) is 1. The van der Waals surface area contributed by atoms with Crippen LogP contribution in [0.1, 0.15) is 34.6 Å². The molecule has 0 aromatic heterocycles. The molecule has 6 nitrogen and oxygen atoms in total. The van der Waals surface area contributed by atoms with Crippen molar-refractivity contribution in [3.05, 3.63) is 0 Å². The lowest BCUT2D eigenvalue weighted by Gasteiger charge is -2.42. The molecule has 0 aromatic carbocycles. The number of morpholine rings is 1. The smallest absolute Gasteiger partial charge is 0.317 e. The molecule has 0 radical (unpaired) electrons. The fraction of sp³-hybridized carbons (Fsp3) is 0.846. The lowest BCUT2D eigenvalue weighted by atomic mass is 10.0. The standard InChI is InChI=1S/C13H24N2O4/c1-8-6-15(7-13(4,5)19-8)12(18)14-10(3)9(2)11(16)17/h8-10H,6-7H2,1-5H3,(H,14,18)(H,16,17). The molecule has 1 saturated heterocycles. The molecule has 1 aliphatic heterocycles. The van der Waals surface area contributed by atoms with Gasteiger partial charge in [0, 0.05) is 12.6 Å². The van der Waals surface area contributed by atoms with Crippen molar-refractivity contribution in [2.24, 2.45) is 5.92 Å². The Hall–Kier alpha value is -1.30. The molecule has 1 fully saturated rings. The number of hydrogen-bond acceptors (Lipinski definition) is 3. The summed E-state index contributed by atoms with van der Waals surface area (Å²) < 4.78 is 5.73. The minimum atomic E-state index is -0.913. The van der Waals surface area contributed by atoms with Gasteiger partial charge in [-0.15, -0.1) is 0 Å². The molecule has 6 heteroatoms. The Kier molecular flexibility index (Phi) is 4.79. The van der Waals surface area contributed by atoms with Crippen molar-refractivity contribution in [1.29, 1.82) is 0 Å². The molecule has 110 valence electrons. The number of rotatable bonds is 3. The number of carbonyl (C=O) groups is 2. The monoisotopic (exact) mass is 272 g/mol. The van der Waals surface area contributed by atoms with Gasteiger partial charge in [0.15, 0.2) is 0 Å². The highest BCUT2D eigenvalue weighted by Gasteiger charge is 2.34. The average molecular weight is 272 g/mol. The van der Waals surface area contributed by atoms with Crippen molar-refractivity contribution >= 4 is 12.0 Å². The number of aliphatic carboxylic acids is 1. The van der Waals surface area contributed by atoms with E-state index in [1.54, 1.807) is 18.7 Å². The minimum Gasteiger partial charge on any atom is -0.481 e. The number of carboxylic acids is 1. The zero-order chi connectivity index (χ0) is 14.8. The number of urea groups is 1. The molecule has 19 heavy (non-hydrogen) atoms. The Morgan fingerprint density at radius 1 is 1.42 bits per heavy atom. The summed E-state index contributed by atoms with van der Waals surface area (Å²) in [7, 11) is 0. The van der Waals surface area contributed by atoms with Gasteiger partial charge in [-0.1, -0.05) is 0 Å². The van der Waals surface area contributed by atoms with Crippen LogP contribution in [0.2, 0.25) is 0 Å². The zero-order valence-electron chi connectivity index (χ0n) is 12.3. The van der Waals surface area contributed by atoms with Gasteiger partial charge < -0.3 is 20.1 Å². The van der Waals surface area contributed by atoms with Gasteiger partial charge in [0.2, 0.25) is 0 Å². The van der Waals surface area contributed by atoms with Crippen molar-refractivity contribution in [3.63, 3.8) is 0 Å². The van der Waals surface area contributed by atoms with Gasteiger partial charge in [-0.2, -0.15) is 0 Å². The number of ether oxygens (including phenoxy) is 1. The average Bonchev–Trinajstić information content (AvgIpc) is 2.24. The van der Waals surface area contributed by atoms with E-state index in [1.807, 2.05) is 20.8 Å². The summed E-state index contributed by atoms with van der Waals surface area (Å²) in [5, 5.41) is 11.7. The summed E-state index contributed by atoms with van der Waals surface area (Å²) in [5.74, 6) is -1.53. The van der Waals surface area contributed by atoms with Crippen molar-refractivity contribution in [3.8, 4) is 0 Å². The molecule has 0 bridgehead atoms. The zero-order valence-corrected chi connectivity index (χ0v) is 12.3. The van der Waals surface area contributed by atoms with Gasteiger partial charge in [0.05, 0.1) is 24.2 Å². The third-order valence-corrected chi connectivity index (χ3v) is 3.35. The van der Waals surface area contributed by atoms with Gasteiger partial charge in [-0.3, -0.25) is 4.79 Å². The van der Waals surface area contributed by atoms with E-state index in [2.05, 4.69) is 5.32 Å². The summed E-state index contributed by atoms with van der Waals surface area (Å²) >= 11 is 0. The number of nitrogens with zero attached hydrogens (tertiary/aromatic N) is 1. The van der Waals surface area contributed by atoms with Gasteiger partial charge in [-0.25, -0.2) is 4.79 Å². The van der Waals surface area contributed by atoms with E-state index in [0.29, 0.717) is 13.1 Å². The predicted octanol–water partition coefficient (Wildman–Crippen LogP) is 1.30. The molecule has 1 heterocycles. The molecule has 3 unspecified atom stereocenters. The van der Waals surface area contributed by atoms with Crippen LogP contribution in [0.3, 0.4) is 0 Å². The van der Waals surface area contributed by atoms with E-state index < -0.39 is 17.9 Å². The summed E-state index contributed by atoms with van der Waals surface area (Å²) in [6.45, 7) is 10.1. The van der Waals surface area contributed by atoms with Crippen molar-refractivity contribution in [2.45, 2.75) is 52.4 Å². The van der Waals surface area contributed by atoms with Crippen LogP contribution < -0.4 is 5.32 Å². The molecule has 2 amide bonds. The molecule has 1 aliphatic rings. The number of hydrogen-bond donors (Lipinski definition) is 2. The SMILES string of the molecule is CC1CN(C(=O)NC(C)C(C)C(=O)O)CC(C)(C)O1. The van der Waals surface area contributed by atoms with Crippen LogP contribution in [-0.4, -0.2) is 52.8 Å². The van der Waals surface area contributed by atoms with E-state index in [4.69, 9.17) is 9.84 Å². The number of carbonyl (C=O) groups excluding carboxylic acids is 1. The normalized spacial score (nSPS) is 25.5. The summed E-state index contributed by atoms with van der Waals surface area (Å²) in [4.78, 5) is 24.7. The van der Waals surface area contributed by atoms with Crippen LogP contribution in [0, 0.1) is 5.92 Å². The molecule has 2 N–H and O–H groups in total. The molecule has 3 atom stereocenters. The van der Waals surface area contributed by atoms with Crippen LogP contribution in [-0.2, 0) is 9.53 Å². The Labute approximate surface area is 114 Å². The lowest BCUT2D eigenvalue weighted by molar-refractivity contribution is -0.142. The molecule has 1 rings (SSSR count). The van der Waals surface area contributed by atoms with Crippen molar-refractivity contribution < 1.29 is 19.4 Å². The maximum atomic E-state index is 12.1. The second-order valence-corrected chi connectivity index (χ2v) is 5.93. The van der Waals surface area contributed by atoms with E-state index in [0.717, 1.165) is 0 Å². The highest BCUT2D eigenvalue weighted by atomic mass is 16.5. The fourth-order valence-electron chi connectivity index (χ4n) is 2.23. The molecule has 0 saturated carbocycles. The van der Waals surface area contributed by atoms with Crippen LogP contribution in [0.25, 0.3) is 0 Å². The summed E-state index contributed by atoms with van der Waals surface area (Å²) in [5.41, 5.74) is -0.378. The van der Waals surface area contributed by atoms with Crippen molar-refractivity contribution in [2.75, 3.05) is 13.1 Å². The molecule has 0 spiro atoms. The third kappa shape index (κ3) is 4.38. The fourth-order valence-corrected chi connectivity index (χ4v) is 2.23. The second kappa shape index (κ2) is 5.77. The van der Waals surface area contributed by atoms with Gasteiger partial charge in [-0.05, 0) is 34.6 Å². The van der Waals surface area contributed by atoms with Crippen LogP contribution in [0.15, 0.2) is 0 Å². The first-order chi connectivity index (χ1) is 8.62. The lowest BCUT2D eigenvalue weighted by Crippen LogP contribution is -2.57. The van der Waals surface area contributed by atoms with E-state index in [1.165, 1.54) is 0 Å². The highest BCUT2D eigenvalue weighted by Crippen LogP contribution is 2.20. The molecule has 0 aromatic rings. The number of nitrogens with one attached hydrogen (secondary N) is 1. The van der Waals surface area contributed by atoms with Crippen LogP contribution in [0.5, 0.6) is 0 Å². The Morgan fingerprint density at radius 2 is 2.00 bits per heavy atom.